The molecule has 0 atom stereocenters. The summed E-state index contributed by atoms with van der Waals surface area (Å²) in [5.41, 5.74) is 0.269. The topological polar surface area (TPSA) is 50.2 Å². The number of pyridine rings is 1. The third kappa shape index (κ3) is 2.65. The molecule has 0 aromatic carbocycles. The first-order chi connectivity index (χ1) is 4.30. The van der Waals surface area contributed by atoms with E-state index < -0.39 is 5.97 Å². The molecule has 0 amide bonds. The number of carboxylic acid groups (broad SMARTS) is 1. The van der Waals surface area contributed by atoms with E-state index in [4.69, 9.17) is 5.11 Å². The predicted molar refractivity (Wildman–Crippen MR) is 31.2 cm³/mol. The van der Waals surface area contributed by atoms with Gasteiger partial charge < -0.3 is 5.11 Å². The molecule has 0 spiro atoms. The molecule has 0 radical (unpaired) electrons. The standard InChI is InChI=1S/C6H5NO2.Dy/c8-6(9)5-1-3-7-4-2-5;/h1-4H,(H,8,9);. The van der Waals surface area contributed by atoms with Gasteiger partial charge in [-0.05, 0) is 12.1 Å². The number of aromatic carboxylic acids is 1. The molecule has 0 saturated heterocycles. The van der Waals surface area contributed by atoms with Crippen molar-refractivity contribution in [3.8, 4) is 0 Å². The van der Waals surface area contributed by atoms with Crippen LogP contribution < -0.4 is 0 Å². The molecular formula is C6H5DyNO2. The van der Waals surface area contributed by atoms with E-state index in [2.05, 4.69) is 4.98 Å². The number of hydrogen-bond donors (Lipinski definition) is 1. The Balaban J connectivity index is 0.000000810. The number of carbonyl (C=O) groups is 1. The van der Waals surface area contributed by atoms with E-state index in [1.54, 1.807) is 0 Å². The number of carboxylic acids is 1. The van der Waals surface area contributed by atoms with Crippen LogP contribution in [0, 0.1) is 38.2 Å². The average Bonchev–Trinajstić information content (AvgIpc) is 1.90. The van der Waals surface area contributed by atoms with Gasteiger partial charge in [0.25, 0.3) is 0 Å². The third-order valence-electron chi connectivity index (χ3n) is 0.927. The maximum Gasteiger partial charge on any atom is 0.335 e. The largest absolute Gasteiger partial charge is 0.478 e. The van der Waals surface area contributed by atoms with Crippen LogP contribution in [0.2, 0.25) is 0 Å². The Morgan fingerprint density at radius 1 is 1.40 bits per heavy atom. The molecule has 1 N–H and O–H groups in total. The summed E-state index contributed by atoms with van der Waals surface area (Å²) in [5, 5.41) is 8.36. The van der Waals surface area contributed by atoms with Crippen LogP contribution in [-0.2, 0) is 0 Å². The normalized spacial score (nSPS) is 8.00. The van der Waals surface area contributed by atoms with Crippen LogP contribution in [0.25, 0.3) is 0 Å². The number of hydrogen-bond acceptors (Lipinski definition) is 2. The minimum Gasteiger partial charge on any atom is -0.478 e. The third-order valence-corrected chi connectivity index (χ3v) is 0.927. The molecule has 3 nitrogen and oxygen atoms in total. The van der Waals surface area contributed by atoms with E-state index in [0.717, 1.165) is 0 Å². The fourth-order valence-electron chi connectivity index (χ4n) is 0.494. The quantitative estimate of drug-likeness (QED) is 0.830. The van der Waals surface area contributed by atoms with Crippen molar-refractivity contribution in [2.24, 2.45) is 0 Å². The first-order valence-electron chi connectivity index (χ1n) is 2.44. The zero-order valence-electron chi connectivity index (χ0n) is 4.93. The summed E-state index contributed by atoms with van der Waals surface area (Å²) in [6.45, 7) is 0. The molecule has 1 heterocycles. The molecule has 0 aliphatic heterocycles. The Hall–Kier alpha value is -0.107. The van der Waals surface area contributed by atoms with E-state index in [1.807, 2.05) is 0 Å². The Labute approximate surface area is 88.5 Å². The second-order valence-corrected chi connectivity index (χ2v) is 1.54. The molecule has 0 saturated carbocycles. The molecular weight excluding hydrogens is 281 g/mol. The Morgan fingerprint density at radius 3 is 2.20 bits per heavy atom. The minimum absolute atomic E-state index is 0. The van der Waals surface area contributed by atoms with Crippen LogP contribution in [0.3, 0.4) is 0 Å². The molecule has 4 heteroatoms. The van der Waals surface area contributed by atoms with E-state index >= 15 is 0 Å². The van der Waals surface area contributed by atoms with Crippen LogP contribution in [0.5, 0.6) is 0 Å². The second kappa shape index (κ2) is 4.67. The first-order valence-corrected chi connectivity index (χ1v) is 2.44. The zero-order valence-corrected chi connectivity index (χ0v) is 6.96. The molecule has 1 rings (SSSR count). The first kappa shape index (κ1) is 9.89. The number of rotatable bonds is 1. The summed E-state index contributed by atoms with van der Waals surface area (Å²) >= 11 is 0. The van der Waals surface area contributed by atoms with E-state index in [9.17, 15) is 4.79 Å². The van der Waals surface area contributed by atoms with Crippen molar-refractivity contribution in [2.75, 3.05) is 0 Å². The molecule has 0 aliphatic rings. The minimum atomic E-state index is -0.919. The van der Waals surface area contributed by atoms with Gasteiger partial charge in [-0.15, -0.1) is 0 Å². The molecule has 0 fully saturated rings. The average molecular weight is 286 g/mol. The summed E-state index contributed by atoms with van der Waals surface area (Å²) in [5.74, 6) is -0.919. The summed E-state index contributed by atoms with van der Waals surface area (Å²) in [6.07, 6.45) is 2.90. The van der Waals surface area contributed by atoms with E-state index in [1.165, 1.54) is 24.5 Å². The van der Waals surface area contributed by atoms with Gasteiger partial charge in [0.1, 0.15) is 0 Å². The number of nitrogens with zero attached hydrogens (tertiary/aromatic N) is 1. The van der Waals surface area contributed by atoms with Gasteiger partial charge in [-0.2, -0.15) is 0 Å². The summed E-state index contributed by atoms with van der Waals surface area (Å²) < 4.78 is 0. The van der Waals surface area contributed by atoms with Gasteiger partial charge in [0, 0.05) is 50.6 Å². The van der Waals surface area contributed by atoms with E-state index in [-0.39, 0.29) is 43.7 Å². The number of aromatic nitrogens is 1. The Bertz CT molecular complexity index is 212. The van der Waals surface area contributed by atoms with Crippen molar-refractivity contribution in [3.05, 3.63) is 30.1 Å². The molecule has 0 bridgehead atoms. The molecule has 10 heavy (non-hydrogen) atoms. The molecule has 0 aliphatic carbocycles. The zero-order chi connectivity index (χ0) is 6.69. The maximum atomic E-state index is 10.2. The fourth-order valence-corrected chi connectivity index (χ4v) is 0.494. The summed E-state index contributed by atoms with van der Waals surface area (Å²) in [4.78, 5) is 13.8. The van der Waals surface area contributed by atoms with Gasteiger partial charge >= 0.3 is 5.97 Å². The Morgan fingerprint density at radius 2 is 1.90 bits per heavy atom. The summed E-state index contributed by atoms with van der Waals surface area (Å²) in [7, 11) is 0. The molecule has 1 aromatic rings. The van der Waals surface area contributed by atoms with Crippen molar-refractivity contribution in [2.45, 2.75) is 0 Å². The predicted octanol–water partition coefficient (Wildman–Crippen LogP) is 0.780. The van der Waals surface area contributed by atoms with Crippen LogP contribution in [0.4, 0.5) is 0 Å². The van der Waals surface area contributed by atoms with Crippen molar-refractivity contribution in [3.63, 3.8) is 0 Å². The van der Waals surface area contributed by atoms with Gasteiger partial charge in [-0.3, -0.25) is 4.98 Å². The van der Waals surface area contributed by atoms with Crippen LogP contribution in [0.15, 0.2) is 24.5 Å². The molecule has 1 aromatic heterocycles. The van der Waals surface area contributed by atoms with Crippen molar-refractivity contribution < 1.29 is 48.1 Å². The van der Waals surface area contributed by atoms with Crippen LogP contribution in [0.1, 0.15) is 10.4 Å². The monoisotopic (exact) mass is 287 g/mol. The van der Waals surface area contributed by atoms with Crippen molar-refractivity contribution >= 4 is 5.97 Å². The molecule has 0 unspecified atom stereocenters. The van der Waals surface area contributed by atoms with E-state index in [0.29, 0.717) is 0 Å². The van der Waals surface area contributed by atoms with Crippen LogP contribution in [-0.4, -0.2) is 16.1 Å². The van der Waals surface area contributed by atoms with Crippen molar-refractivity contribution in [1.29, 1.82) is 0 Å². The SMILES string of the molecule is O=C(O)c1ccncc1.[Dy]. The van der Waals surface area contributed by atoms with Crippen LogP contribution >= 0.6 is 0 Å². The fraction of sp³-hybridized carbons (Fsp3) is 0. The maximum absolute atomic E-state index is 10.2. The smallest absolute Gasteiger partial charge is 0.335 e. The van der Waals surface area contributed by atoms with Gasteiger partial charge in [0.2, 0.25) is 0 Å². The second-order valence-electron chi connectivity index (χ2n) is 1.54. The van der Waals surface area contributed by atoms with Gasteiger partial charge in [-0.1, -0.05) is 0 Å². The van der Waals surface area contributed by atoms with Gasteiger partial charge in [0.15, 0.2) is 0 Å². The molecule has 56 valence electrons. The van der Waals surface area contributed by atoms with Gasteiger partial charge in [0.05, 0.1) is 5.56 Å². The van der Waals surface area contributed by atoms with Crippen molar-refractivity contribution in [1.82, 2.24) is 4.98 Å². The summed E-state index contributed by atoms with van der Waals surface area (Å²) in [6, 6.07) is 2.89. The Kier molecular flexibility index (Phi) is 4.62. The van der Waals surface area contributed by atoms with Gasteiger partial charge in [-0.25, -0.2) is 4.79 Å².